The number of nitrogens with one attached hydrogen (secondary N) is 2. The average Bonchev–Trinajstić information content (AvgIpc) is 2.96. The molecule has 2 heteroatoms. The highest BCUT2D eigenvalue weighted by Gasteiger charge is 2.01. The van der Waals surface area contributed by atoms with Crippen LogP contribution in [0.2, 0.25) is 0 Å². The van der Waals surface area contributed by atoms with Gasteiger partial charge in [-0.15, -0.1) is 0 Å². The van der Waals surface area contributed by atoms with Gasteiger partial charge in [0.2, 0.25) is 0 Å². The summed E-state index contributed by atoms with van der Waals surface area (Å²) in [5.74, 6) is 0. The van der Waals surface area contributed by atoms with Gasteiger partial charge < -0.3 is 10.3 Å². The SMILES string of the molecule is CCCc1ccc(NCc2cccc3cc[nH]c23)cc1. The maximum atomic E-state index is 3.49. The second kappa shape index (κ2) is 5.83. The molecule has 0 radical (unpaired) electrons. The molecule has 0 aliphatic heterocycles. The molecule has 0 saturated carbocycles. The molecule has 0 spiro atoms. The number of hydrogen-bond acceptors (Lipinski definition) is 1. The van der Waals surface area contributed by atoms with Crippen LogP contribution in [0.15, 0.2) is 54.7 Å². The van der Waals surface area contributed by atoms with Crippen LogP contribution < -0.4 is 5.32 Å². The van der Waals surface area contributed by atoms with E-state index < -0.39 is 0 Å². The first kappa shape index (κ1) is 12.8. The Morgan fingerprint density at radius 1 is 1.00 bits per heavy atom. The summed E-state index contributed by atoms with van der Waals surface area (Å²) in [7, 11) is 0. The Kier molecular flexibility index (Phi) is 3.73. The van der Waals surface area contributed by atoms with Crippen molar-refractivity contribution in [1.82, 2.24) is 4.98 Å². The van der Waals surface area contributed by atoms with Gasteiger partial charge in [0.1, 0.15) is 0 Å². The van der Waals surface area contributed by atoms with Gasteiger partial charge in [-0.3, -0.25) is 0 Å². The molecule has 0 amide bonds. The molecule has 0 aliphatic carbocycles. The predicted molar refractivity (Wildman–Crippen MR) is 86.1 cm³/mol. The van der Waals surface area contributed by atoms with Gasteiger partial charge in [-0.05, 0) is 41.1 Å². The molecule has 2 aromatic carbocycles. The fourth-order valence-corrected chi connectivity index (χ4v) is 2.57. The fourth-order valence-electron chi connectivity index (χ4n) is 2.57. The lowest BCUT2D eigenvalue weighted by atomic mass is 10.1. The summed E-state index contributed by atoms with van der Waals surface area (Å²) in [6, 6.07) is 17.3. The van der Waals surface area contributed by atoms with Crippen molar-refractivity contribution in [1.29, 1.82) is 0 Å². The molecule has 1 heterocycles. The minimum atomic E-state index is 0.838. The smallest absolute Gasteiger partial charge is 0.0504 e. The summed E-state index contributed by atoms with van der Waals surface area (Å²) in [4.78, 5) is 3.31. The Hall–Kier alpha value is -2.22. The van der Waals surface area contributed by atoms with Gasteiger partial charge in [-0.2, -0.15) is 0 Å². The quantitative estimate of drug-likeness (QED) is 0.685. The number of hydrogen-bond donors (Lipinski definition) is 2. The first-order valence-electron chi connectivity index (χ1n) is 7.24. The number of aryl methyl sites for hydroxylation is 1. The van der Waals surface area contributed by atoms with E-state index in [1.54, 1.807) is 0 Å². The summed E-state index contributed by atoms with van der Waals surface area (Å²) in [5.41, 5.74) is 5.10. The predicted octanol–water partition coefficient (Wildman–Crippen LogP) is 4.73. The standard InChI is InChI=1S/C18H20N2/c1-2-4-14-7-9-17(10-8-14)20-13-16-6-3-5-15-11-12-19-18(15)16/h3,5-12,19-20H,2,4,13H2,1H3. The van der Waals surface area contributed by atoms with Crippen molar-refractivity contribution < 1.29 is 0 Å². The molecule has 0 atom stereocenters. The van der Waals surface area contributed by atoms with Crippen LogP contribution in [-0.2, 0) is 13.0 Å². The minimum absolute atomic E-state index is 0.838. The van der Waals surface area contributed by atoms with Gasteiger partial charge in [0.05, 0.1) is 5.52 Å². The van der Waals surface area contributed by atoms with Crippen LogP contribution in [0.3, 0.4) is 0 Å². The Morgan fingerprint density at radius 3 is 2.65 bits per heavy atom. The summed E-state index contributed by atoms with van der Waals surface area (Å²) in [6.07, 6.45) is 4.34. The third-order valence-electron chi connectivity index (χ3n) is 3.65. The number of fused-ring (bicyclic) bond motifs is 1. The molecule has 2 nitrogen and oxygen atoms in total. The van der Waals surface area contributed by atoms with Crippen molar-refractivity contribution >= 4 is 16.6 Å². The van der Waals surface area contributed by atoms with Gasteiger partial charge in [0.25, 0.3) is 0 Å². The summed E-state index contributed by atoms with van der Waals surface area (Å²) < 4.78 is 0. The van der Waals surface area contributed by atoms with Gasteiger partial charge in [-0.1, -0.05) is 43.7 Å². The summed E-state index contributed by atoms with van der Waals surface area (Å²) >= 11 is 0. The zero-order valence-electron chi connectivity index (χ0n) is 11.8. The van der Waals surface area contributed by atoms with E-state index in [4.69, 9.17) is 0 Å². The zero-order valence-corrected chi connectivity index (χ0v) is 11.8. The fraction of sp³-hybridized carbons (Fsp3) is 0.222. The van der Waals surface area contributed by atoms with Crippen molar-refractivity contribution in [2.45, 2.75) is 26.3 Å². The largest absolute Gasteiger partial charge is 0.381 e. The average molecular weight is 264 g/mol. The van der Waals surface area contributed by atoms with Crippen LogP contribution in [0.1, 0.15) is 24.5 Å². The molecule has 0 unspecified atom stereocenters. The second-order valence-corrected chi connectivity index (χ2v) is 5.16. The number of para-hydroxylation sites is 1. The minimum Gasteiger partial charge on any atom is -0.381 e. The number of anilines is 1. The van der Waals surface area contributed by atoms with Crippen molar-refractivity contribution in [2.75, 3.05) is 5.32 Å². The third-order valence-corrected chi connectivity index (χ3v) is 3.65. The highest BCUT2D eigenvalue weighted by molar-refractivity contribution is 5.82. The number of benzene rings is 2. The van der Waals surface area contributed by atoms with Crippen LogP contribution in [0, 0.1) is 0 Å². The molecule has 102 valence electrons. The molecule has 0 saturated heterocycles. The lowest BCUT2D eigenvalue weighted by Gasteiger charge is -2.08. The Labute approximate surface area is 119 Å². The normalized spacial score (nSPS) is 10.8. The number of aromatic amines is 1. The maximum absolute atomic E-state index is 3.49. The van der Waals surface area contributed by atoms with Crippen LogP contribution >= 0.6 is 0 Å². The molecule has 0 aliphatic rings. The summed E-state index contributed by atoms with van der Waals surface area (Å²) in [5, 5.41) is 4.76. The Balaban J connectivity index is 1.71. The van der Waals surface area contributed by atoms with E-state index in [9.17, 15) is 0 Å². The second-order valence-electron chi connectivity index (χ2n) is 5.16. The molecule has 3 aromatic rings. The van der Waals surface area contributed by atoms with E-state index in [1.165, 1.54) is 34.1 Å². The van der Waals surface area contributed by atoms with E-state index in [0.717, 1.165) is 13.0 Å². The van der Waals surface area contributed by atoms with E-state index in [0.29, 0.717) is 0 Å². The van der Waals surface area contributed by atoms with Crippen molar-refractivity contribution in [3.8, 4) is 0 Å². The Bertz CT molecular complexity index is 680. The van der Waals surface area contributed by atoms with E-state index in [1.807, 2.05) is 6.20 Å². The topological polar surface area (TPSA) is 27.8 Å². The molecule has 20 heavy (non-hydrogen) atoms. The first-order chi connectivity index (χ1) is 9.86. The third kappa shape index (κ3) is 2.69. The van der Waals surface area contributed by atoms with Crippen LogP contribution in [0.4, 0.5) is 5.69 Å². The number of H-pyrrole nitrogens is 1. The molecule has 0 fully saturated rings. The lowest BCUT2D eigenvalue weighted by Crippen LogP contribution is -2.00. The van der Waals surface area contributed by atoms with Crippen LogP contribution in [0.5, 0.6) is 0 Å². The molecule has 0 bridgehead atoms. The molecular weight excluding hydrogens is 244 g/mol. The number of aromatic nitrogens is 1. The molecular formula is C18H20N2. The summed E-state index contributed by atoms with van der Waals surface area (Å²) in [6.45, 7) is 3.05. The first-order valence-corrected chi connectivity index (χ1v) is 7.24. The maximum Gasteiger partial charge on any atom is 0.0504 e. The van der Waals surface area contributed by atoms with E-state index >= 15 is 0 Å². The molecule has 3 rings (SSSR count). The van der Waals surface area contributed by atoms with Crippen LogP contribution in [-0.4, -0.2) is 4.98 Å². The van der Waals surface area contributed by atoms with Crippen molar-refractivity contribution in [2.24, 2.45) is 0 Å². The highest BCUT2D eigenvalue weighted by Crippen LogP contribution is 2.18. The zero-order chi connectivity index (χ0) is 13.8. The van der Waals surface area contributed by atoms with E-state index in [-0.39, 0.29) is 0 Å². The highest BCUT2D eigenvalue weighted by atomic mass is 14.9. The van der Waals surface area contributed by atoms with Crippen LogP contribution in [0.25, 0.3) is 10.9 Å². The number of rotatable bonds is 5. The lowest BCUT2D eigenvalue weighted by molar-refractivity contribution is 0.922. The molecule has 1 aromatic heterocycles. The van der Waals surface area contributed by atoms with E-state index in [2.05, 4.69) is 65.8 Å². The molecule has 2 N–H and O–H groups in total. The van der Waals surface area contributed by atoms with Gasteiger partial charge in [0.15, 0.2) is 0 Å². The van der Waals surface area contributed by atoms with Gasteiger partial charge >= 0.3 is 0 Å². The van der Waals surface area contributed by atoms with Gasteiger partial charge in [-0.25, -0.2) is 0 Å². The Morgan fingerprint density at radius 2 is 1.85 bits per heavy atom. The van der Waals surface area contributed by atoms with Crippen molar-refractivity contribution in [3.05, 3.63) is 65.9 Å². The van der Waals surface area contributed by atoms with Gasteiger partial charge in [0, 0.05) is 18.4 Å². The monoisotopic (exact) mass is 264 g/mol. The van der Waals surface area contributed by atoms with Crippen molar-refractivity contribution in [3.63, 3.8) is 0 Å².